The van der Waals surface area contributed by atoms with E-state index in [9.17, 15) is 0 Å². The Morgan fingerprint density at radius 1 is 1.55 bits per heavy atom. The third kappa shape index (κ3) is 3.22. The van der Waals surface area contributed by atoms with Gasteiger partial charge in [-0.05, 0) is 18.4 Å². The van der Waals surface area contributed by atoms with E-state index in [4.69, 9.17) is 6.42 Å². The van der Waals surface area contributed by atoms with Gasteiger partial charge in [0.1, 0.15) is 5.70 Å². The summed E-state index contributed by atoms with van der Waals surface area (Å²) < 4.78 is 0. The number of aliphatic imine (C=N–C) groups is 1. The molecule has 0 unspecified atom stereocenters. The van der Waals surface area contributed by atoms with Crippen LogP contribution in [0.1, 0.15) is 6.92 Å². The maximum Gasteiger partial charge on any atom is 0.115 e. The average Bonchev–Trinajstić information content (AvgIpc) is 2.05. The number of hydrogen-bond donors (Lipinski definition) is 0. The van der Waals surface area contributed by atoms with Crippen LogP contribution in [0.15, 0.2) is 41.6 Å². The molecule has 1 nitrogen and oxygen atoms in total. The summed E-state index contributed by atoms with van der Waals surface area (Å²) in [5.41, 5.74) is 1.49. The summed E-state index contributed by atoms with van der Waals surface area (Å²) in [6, 6.07) is 0. The molecule has 0 fully saturated rings. The Labute approximate surface area is 67.8 Å². The third-order valence-corrected chi connectivity index (χ3v) is 1.13. The Morgan fingerprint density at radius 3 is 2.55 bits per heavy atom. The summed E-state index contributed by atoms with van der Waals surface area (Å²) in [6.45, 7) is 8.93. The zero-order chi connectivity index (χ0) is 8.69. The maximum absolute atomic E-state index is 5.19. The molecule has 0 heterocycles. The van der Waals surface area contributed by atoms with Crippen LogP contribution in [0, 0.1) is 12.3 Å². The molecule has 0 aromatic carbocycles. The minimum absolute atomic E-state index is 0.597. The van der Waals surface area contributed by atoms with Gasteiger partial charge in [0.15, 0.2) is 0 Å². The Morgan fingerprint density at radius 2 is 2.18 bits per heavy atom. The summed E-state index contributed by atoms with van der Waals surface area (Å²) in [7, 11) is 0. The second-order valence-corrected chi connectivity index (χ2v) is 1.89. The molecule has 0 saturated heterocycles. The van der Waals surface area contributed by atoms with Crippen molar-refractivity contribution in [3.8, 4) is 12.3 Å². The highest BCUT2D eigenvalue weighted by atomic mass is 14.7. The van der Waals surface area contributed by atoms with Gasteiger partial charge in [0, 0.05) is 6.21 Å². The molecular formula is C10H11N. The Bertz CT molecular complexity index is 249. The van der Waals surface area contributed by atoms with E-state index in [0.717, 1.165) is 5.57 Å². The van der Waals surface area contributed by atoms with Crippen LogP contribution in [0.25, 0.3) is 0 Å². The SMILES string of the molecule is C#CC(/N=C\C=C)=C(\C)C=C. The molecule has 56 valence electrons. The number of allylic oxidation sites excluding steroid dienone is 4. The predicted molar refractivity (Wildman–Crippen MR) is 50.4 cm³/mol. The topological polar surface area (TPSA) is 12.4 Å². The summed E-state index contributed by atoms with van der Waals surface area (Å²) in [5.74, 6) is 2.45. The zero-order valence-electron chi connectivity index (χ0n) is 6.67. The fourth-order valence-electron chi connectivity index (χ4n) is 0.477. The largest absolute Gasteiger partial charge is 0.248 e. The van der Waals surface area contributed by atoms with Crippen LogP contribution in [0.4, 0.5) is 0 Å². The van der Waals surface area contributed by atoms with Crippen molar-refractivity contribution >= 4 is 6.21 Å². The summed E-state index contributed by atoms with van der Waals surface area (Å²) in [5, 5.41) is 0. The summed E-state index contributed by atoms with van der Waals surface area (Å²) >= 11 is 0. The lowest BCUT2D eigenvalue weighted by Crippen LogP contribution is -1.78. The first-order valence-corrected chi connectivity index (χ1v) is 3.21. The van der Waals surface area contributed by atoms with E-state index in [0.29, 0.717) is 5.70 Å². The summed E-state index contributed by atoms with van der Waals surface area (Å²) in [6.07, 6.45) is 10.00. The van der Waals surface area contributed by atoms with Gasteiger partial charge in [0.2, 0.25) is 0 Å². The standard InChI is InChI=1S/C10H11N/c1-5-8-11-10(7-3)9(4)6-2/h3,5-6,8H,1-2H2,4H3/b10-9-,11-8-. The molecule has 0 aromatic heterocycles. The van der Waals surface area contributed by atoms with Gasteiger partial charge in [0.05, 0.1) is 0 Å². The van der Waals surface area contributed by atoms with Gasteiger partial charge in [-0.15, -0.1) is 6.42 Å². The first kappa shape index (κ1) is 9.45. The van der Waals surface area contributed by atoms with Crippen LogP contribution < -0.4 is 0 Å². The molecule has 0 bridgehead atoms. The van der Waals surface area contributed by atoms with Crippen molar-refractivity contribution in [2.45, 2.75) is 6.92 Å². The van der Waals surface area contributed by atoms with Crippen molar-refractivity contribution in [1.82, 2.24) is 0 Å². The first-order valence-electron chi connectivity index (χ1n) is 3.21. The number of rotatable bonds is 3. The number of terminal acetylenes is 1. The van der Waals surface area contributed by atoms with E-state index in [1.807, 2.05) is 6.92 Å². The van der Waals surface area contributed by atoms with Crippen molar-refractivity contribution in [2.24, 2.45) is 4.99 Å². The van der Waals surface area contributed by atoms with Gasteiger partial charge in [0.25, 0.3) is 0 Å². The quantitative estimate of drug-likeness (QED) is 0.328. The second-order valence-electron chi connectivity index (χ2n) is 1.89. The third-order valence-electron chi connectivity index (χ3n) is 1.13. The fraction of sp³-hybridized carbons (Fsp3) is 0.100. The molecule has 0 aliphatic heterocycles. The molecular weight excluding hydrogens is 134 g/mol. The number of hydrogen-bond acceptors (Lipinski definition) is 1. The van der Waals surface area contributed by atoms with Crippen LogP contribution in [0.2, 0.25) is 0 Å². The van der Waals surface area contributed by atoms with E-state index < -0.39 is 0 Å². The molecule has 0 rings (SSSR count). The molecule has 0 atom stereocenters. The highest BCUT2D eigenvalue weighted by molar-refractivity contribution is 5.72. The van der Waals surface area contributed by atoms with Crippen molar-refractivity contribution in [2.75, 3.05) is 0 Å². The molecule has 0 amide bonds. The van der Waals surface area contributed by atoms with E-state index in [2.05, 4.69) is 24.1 Å². The molecule has 11 heavy (non-hydrogen) atoms. The minimum Gasteiger partial charge on any atom is -0.248 e. The lowest BCUT2D eigenvalue weighted by Gasteiger charge is -1.92. The predicted octanol–water partition coefficient (Wildman–Crippen LogP) is 2.34. The number of nitrogens with zero attached hydrogens (tertiary/aromatic N) is 1. The van der Waals surface area contributed by atoms with Crippen molar-refractivity contribution < 1.29 is 0 Å². The average molecular weight is 145 g/mol. The first-order chi connectivity index (χ1) is 5.26. The van der Waals surface area contributed by atoms with Gasteiger partial charge < -0.3 is 0 Å². The van der Waals surface area contributed by atoms with Gasteiger partial charge in [-0.1, -0.05) is 25.3 Å². The van der Waals surface area contributed by atoms with Gasteiger partial charge in [-0.2, -0.15) is 0 Å². The lowest BCUT2D eigenvalue weighted by atomic mass is 10.2. The molecule has 0 radical (unpaired) electrons. The molecule has 1 heteroatoms. The Hall–Kier alpha value is -1.55. The highest BCUT2D eigenvalue weighted by Crippen LogP contribution is 2.03. The molecule has 0 spiro atoms. The Balaban J connectivity index is 4.69. The van der Waals surface area contributed by atoms with Crippen LogP contribution in [0.3, 0.4) is 0 Å². The van der Waals surface area contributed by atoms with Gasteiger partial charge >= 0.3 is 0 Å². The van der Waals surface area contributed by atoms with E-state index in [1.54, 1.807) is 18.4 Å². The molecule has 0 N–H and O–H groups in total. The fourth-order valence-corrected chi connectivity index (χ4v) is 0.477. The van der Waals surface area contributed by atoms with Crippen molar-refractivity contribution in [1.29, 1.82) is 0 Å². The van der Waals surface area contributed by atoms with Crippen LogP contribution in [0.5, 0.6) is 0 Å². The van der Waals surface area contributed by atoms with Gasteiger partial charge in [-0.25, -0.2) is 4.99 Å². The highest BCUT2D eigenvalue weighted by Gasteiger charge is 1.89. The smallest absolute Gasteiger partial charge is 0.115 e. The van der Waals surface area contributed by atoms with E-state index >= 15 is 0 Å². The maximum atomic E-state index is 5.19. The normalized spacial score (nSPS) is 12.0. The Kier molecular flexibility index (Phi) is 4.51. The van der Waals surface area contributed by atoms with Crippen LogP contribution in [-0.2, 0) is 0 Å². The van der Waals surface area contributed by atoms with Crippen LogP contribution in [-0.4, -0.2) is 6.21 Å². The van der Waals surface area contributed by atoms with E-state index in [-0.39, 0.29) is 0 Å². The molecule has 0 aromatic rings. The van der Waals surface area contributed by atoms with Gasteiger partial charge in [-0.3, -0.25) is 0 Å². The monoisotopic (exact) mass is 145 g/mol. The lowest BCUT2D eigenvalue weighted by molar-refractivity contribution is 1.35. The zero-order valence-corrected chi connectivity index (χ0v) is 6.67. The molecule has 0 aliphatic carbocycles. The second kappa shape index (κ2) is 5.25. The minimum atomic E-state index is 0.597. The van der Waals surface area contributed by atoms with E-state index in [1.165, 1.54) is 0 Å². The molecule has 0 aliphatic rings. The van der Waals surface area contributed by atoms with Crippen molar-refractivity contribution in [3.05, 3.63) is 36.6 Å². The molecule has 0 saturated carbocycles. The van der Waals surface area contributed by atoms with Crippen molar-refractivity contribution in [3.63, 3.8) is 0 Å². The summed E-state index contributed by atoms with van der Waals surface area (Å²) in [4.78, 5) is 3.96. The van der Waals surface area contributed by atoms with Crippen LogP contribution >= 0.6 is 0 Å².